The van der Waals surface area contributed by atoms with Gasteiger partial charge in [0.2, 0.25) is 0 Å². The lowest BCUT2D eigenvalue weighted by Crippen LogP contribution is -2.09. The van der Waals surface area contributed by atoms with Gasteiger partial charge in [0.15, 0.2) is 5.69 Å². The SMILES string of the molecule is [C-]#[N+]c1cccc(C(F)(F)F)c1-c1cc(-n2c3cc(-c4ccc(C)cc4)ccc3c3ccc(-c4ccc(C)cc4)cc32)c(C#N)c(-n2c3cc(-c4ccc(C)cc4)ccc3c3ccc(-c4ccc(C)cc4)cc32)c1. The first-order valence-electron chi connectivity index (χ1n) is 24.5. The first-order chi connectivity index (χ1) is 35.8. The number of rotatable bonds is 7. The minimum Gasteiger partial charge on any atom is -0.308 e. The predicted molar refractivity (Wildman–Crippen MR) is 297 cm³/mol. The van der Waals surface area contributed by atoms with Crippen molar-refractivity contribution in [3.63, 3.8) is 0 Å². The Bertz CT molecular complexity index is 3870. The molecule has 0 atom stereocenters. The van der Waals surface area contributed by atoms with Crippen LogP contribution in [0.1, 0.15) is 33.4 Å². The number of fused-ring (bicyclic) bond motifs is 6. The fraction of sp³-hybridized carbons (Fsp3) is 0.0746. The summed E-state index contributed by atoms with van der Waals surface area (Å²) in [5, 5.41) is 15.6. The molecular formula is C67H45F3N4. The van der Waals surface area contributed by atoms with Crippen LogP contribution >= 0.6 is 0 Å². The molecule has 2 heterocycles. The van der Waals surface area contributed by atoms with Gasteiger partial charge in [0.05, 0.1) is 45.6 Å². The van der Waals surface area contributed by atoms with Crippen molar-refractivity contribution in [1.29, 1.82) is 5.26 Å². The van der Waals surface area contributed by atoms with E-state index in [0.717, 1.165) is 116 Å². The molecule has 0 saturated heterocycles. The van der Waals surface area contributed by atoms with Gasteiger partial charge in [0, 0.05) is 21.5 Å². The van der Waals surface area contributed by atoms with Crippen molar-refractivity contribution in [3.8, 4) is 73.1 Å². The second kappa shape index (κ2) is 17.7. The Labute approximate surface area is 426 Å². The first-order valence-corrected chi connectivity index (χ1v) is 24.5. The van der Waals surface area contributed by atoms with Crippen LogP contribution in [0, 0.1) is 45.6 Å². The molecule has 0 unspecified atom stereocenters. The van der Waals surface area contributed by atoms with Gasteiger partial charge in [0.1, 0.15) is 11.6 Å². The summed E-state index contributed by atoms with van der Waals surface area (Å²) in [6.45, 7) is 16.5. The minimum absolute atomic E-state index is 0.145. The normalized spacial score (nSPS) is 11.7. The number of nitrogens with zero attached hydrogens (tertiary/aromatic N) is 4. The van der Waals surface area contributed by atoms with Crippen LogP contribution in [0.3, 0.4) is 0 Å². The van der Waals surface area contributed by atoms with Crippen molar-refractivity contribution in [2.75, 3.05) is 0 Å². The predicted octanol–water partition coefficient (Wildman–Crippen LogP) is 18.9. The molecule has 10 aromatic carbocycles. The molecule has 12 aromatic rings. The lowest BCUT2D eigenvalue weighted by Gasteiger charge is -2.21. The van der Waals surface area contributed by atoms with Gasteiger partial charge in [-0.1, -0.05) is 186 Å². The number of halogens is 3. The molecule has 0 amide bonds. The molecule has 12 rings (SSSR count). The summed E-state index contributed by atoms with van der Waals surface area (Å²) in [6, 6.07) is 68.1. The highest BCUT2D eigenvalue weighted by Gasteiger charge is 2.35. The highest BCUT2D eigenvalue weighted by Crippen LogP contribution is 2.47. The second-order valence-electron chi connectivity index (χ2n) is 19.4. The summed E-state index contributed by atoms with van der Waals surface area (Å²) in [6.07, 6.45) is -4.82. The lowest BCUT2D eigenvalue weighted by molar-refractivity contribution is -0.137. The quantitative estimate of drug-likeness (QED) is 0.147. The Morgan fingerprint density at radius 2 is 0.716 bits per heavy atom. The average molecular weight is 963 g/mol. The van der Waals surface area contributed by atoms with Gasteiger partial charge in [-0.25, -0.2) is 4.85 Å². The highest BCUT2D eigenvalue weighted by molar-refractivity contribution is 6.13. The van der Waals surface area contributed by atoms with Crippen molar-refractivity contribution in [2.45, 2.75) is 33.9 Å². The summed E-state index contributed by atoms with van der Waals surface area (Å²) in [5.74, 6) is 0. The molecule has 4 nitrogen and oxygen atoms in total. The number of nitriles is 1. The zero-order chi connectivity index (χ0) is 51.0. The molecule has 0 fully saturated rings. The molecule has 74 heavy (non-hydrogen) atoms. The molecule has 7 heteroatoms. The third kappa shape index (κ3) is 7.78. The van der Waals surface area contributed by atoms with Gasteiger partial charge >= 0.3 is 6.18 Å². The van der Waals surface area contributed by atoms with Crippen molar-refractivity contribution in [3.05, 3.63) is 245 Å². The van der Waals surface area contributed by atoms with E-state index in [-0.39, 0.29) is 22.4 Å². The molecular weight excluding hydrogens is 918 g/mol. The fourth-order valence-electron chi connectivity index (χ4n) is 10.7. The van der Waals surface area contributed by atoms with E-state index in [2.05, 4.69) is 181 Å². The van der Waals surface area contributed by atoms with Gasteiger partial charge in [-0.2, -0.15) is 18.4 Å². The van der Waals surface area contributed by atoms with E-state index in [9.17, 15) is 5.26 Å². The summed E-state index contributed by atoms with van der Waals surface area (Å²) in [7, 11) is 0. The largest absolute Gasteiger partial charge is 0.415 e. The third-order valence-electron chi connectivity index (χ3n) is 14.5. The van der Waals surface area contributed by atoms with Crippen LogP contribution in [-0.4, -0.2) is 9.13 Å². The van der Waals surface area contributed by atoms with E-state index in [0.29, 0.717) is 11.4 Å². The van der Waals surface area contributed by atoms with E-state index >= 15 is 13.2 Å². The van der Waals surface area contributed by atoms with Crippen molar-refractivity contribution in [1.82, 2.24) is 9.13 Å². The van der Waals surface area contributed by atoms with Crippen molar-refractivity contribution >= 4 is 49.3 Å². The van der Waals surface area contributed by atoms with E-state index in [1.807, 2.05) is 36.8 Å². The lowest BCUT2D eigenvalue weighted by atomic mass is 9.94. The highest BCUT2D eigenvalue weighted by atomic mass is 19.4. The molecule has 0 radical (unpaired) electrons. The maximum atomic E-state index is 15.5. The smallest absolute Gasteiger partial charge is 0.308 e. The van der Waals surface area contributed by atoms with Crippen LogP contribution in [0.15, 0.2) is 200 Å². The molecule has 0 bridgehead atoms. The standard InChI is InChI=1S/C67H45F3N4/c1-40-9-17-44(18-10-40)48-25-29-53-54-30-26-49(45-19-11-41(2)12-20-45)34-61(54)73(60(53)33-48)64-37-52(66-58(67(68,69)70)7-6-8-59(66)72-5)38-65(57(64)39-71)74-62-35-50(46-21-13-42(3)14-22-46)27-31-55(62)56-32-28-51(36-63(56)74)47-23-15-43(4)16-24-47/h6-38H,1-4H3. The van der Waals surface area contributed by atoms with Crippen LogP contribution in [-0.2, 0) is 6.18 Å². The molecule has 0 aliphatic rings. The monoisotopic (exact) mass is 962 g/mol. The van der Waals surface area contributed by atoms with Gasteiger partial charge in [-0.05, 0) is 120 Å². The topological polar surface area (TPSA) is 38.0 Å². The maximum absolute atomic E-state index is 15.5. The van der Waals surface area contributed by atoms with Crippen molar-refractivity contribution in [2.24, 2.45) is 0 Å². The number of aryl methyl sites for hydroxylation is 4. The van der Waals surface area contributed by atoms with E-state index in [4.69, 9.17) is 6.57 Å². The number of hydrogen-bond acceptors (Lipinski definition) is 1. The van der Waals surface area contributed by atoms with Crippen LogP contribution in [0.5, 0.6) is 0 Å². The van der Waals surface area contributed by atoms with Crippen LogP contribution in [0.25, 0.3) is 115 Å². The summed E-state index contributed by atoms with van der Waals surface area (Å²) < 4.78 is 50.7. The Balaban J connectivity index is 1.26. The van der Waals surface area contributed by atoms with E-state index < -0.39 is 11.7 Å². The first kappa shape index (κ1) is 45.7. The summed E-state index contributed by atoms with van der Waals surface area (Å²) in [5.41, 5.74) is 15.0. The van der Waals surface area contributed by atoms with Crippen LogP contribution in [0.2, 0.25) is 0 Å². The van der Waals surface area contributed by atoms with E-state index in [1.165, 1.54) is 12.1 Å². The Morgan fingerprint density at radius 3 is 1.00 bits per heavy atom. The fourth-order valence-corrected chi connectivity index (χ4v) is 10.7. The zero-order valence-electron chi connectivity index (χ0n) is 41.0. The number of benzene rings is 10. The molecule has 2 aromatic heterocycles. The zero-order valence-corrected chi connectivity index (χ0v) is 41.0. The van der Waals surface area contributed by atoms with Gasteiger partial charge < -0.3 is 9.13 Å². The molecule has 0 spiro atoms. The molecule has 0 aliphatic heterocycles. The second-order valence-corrected chi connectivity index (χ2v) is 19.4. The van der Waals surface area contributed by atoms with Gasteiger partial charge in [-0.15, -0.1) is 0 Å². The maximum Gasteiger partial charge on any atom is 0.415 e. The third-order valence-corrected chi connectivity index (χ3v) is 14.5. The summed E-state index contributed by atoms with van der Waals surface area (Å²) >= 11 is 0. The van der Waals surface area contributed by atoms with Gasteiger partial charge in [-0.3, -0.25) is 0 Å². The molecule has 354 valence electrons. The average Bonchev–Trinajstić information content (AvgIpc) is 3.95. The number of alkyl halides is 3. The Morgan fingerprint density at radius 1 is 0.405 bits per heavy atom. The molecule has 0 aliphatic carbocycles. The molecule has 0 N–H and O–H groups in total. The Kier molecular flexibility index (Phi) is 10.9. The van der Waals surface area contributed by atoms with Crippen molar-refractivity contribution < 1.29 is 13.2 Å². The number of aromatic nitrogens is 2. The van der Waals surface area contributed by atoms with Crippen LogP contribution < -0.4 is 0 Å². The van der Waals surface area contributed by atoms with E-state index in [1.54, 1.807) is 12.1 Å². The number of hydrogen-bond donors (Lipinski definition) is 0. The Hall–Kier alpha value is -9.43. The minimum atomic E-state index is -4.82. The summed E-state index contributed by atoms with van der Waals surface area (Å²) in [4.78, 5) is 3.72. The molecule has 0 saturated carbocycles. The van der Waals surface area contributed by atoms with Gasteiger partial charge in [0.25, 0.3) is 0 Å². The van der Waals surface area contributed by atoms with Crippen LogP contribution in [0.4, 0.5) is 18.9 Å².